The van der Waals surface area contributed by atoms with Crippen LogP contribution >= 0.6 is 11.6 Å². The molecule has 1 atom stereocenters. The molecule has 0 saturated carbocycles. The summed E-state index contributed by atoms with van der Waals surface area (Å²) in [5, 5.41) is 11.5. The van der Waals surface area contributed by atoms with Gasteiger partial charge in [-0.05, 0) is 42.3 Å². The van der Waals surface area contributed by atoms with Crippen LogP contribution in [-0.2, 0) is 16.1 Å². The predicted octanol–water partition coefficient (Wildman–Crippen LogP) is 4.07. The molecule has 0 bridgehead atoms. The van der Waals surface area contributed by atoms with Crippen molar-refractivity contribution in [3.05, 3.63) is 76.8 Å². The summed E-state index contributed by atoms with van der Waals surface area (Å²) in [7, 11) is 4.50. The van der Waals surface area contributed by atoms with Gasteiger partial charge < -0.3 is 28.8 Å². The maximum atomic E-state index is 13.3. The second-order valence-electron chi connectivity index (χ2n) is 8.11. The molecule has 1 aliphatic rings. The van der Waals surface area contributed by atoms with E-state index in [1.807, 2.05) is 10.8 Å². The molecule has 1 unspecified atom stereocenters. The number of hydrogen-bond acceptors (Lipinski definition) is 7. The molecule has 1 aromatic heterocycles. The van der Waals surface area contributed by atoms with E-state index >= 15 is 0 Å². The number of likely N-dealkylation sites (tertiary alicyclic amines) is 1. The van der Waals surface area contributed by atoms with Crippen molar-refractivity contribution >= 4 is 29.1 Å². The van der Waals surface area contributed by atoms with Crippen LogP contribution in [0.5, 0.6) is 17.2 Å². The highest BCUT2D eigenvalue weighted by atomic mass is 35.5. The average molecular weight is 512 g/mol. The minimum Gasteiger partial charge on any atom is -0.507 e. The number of rotatable bonds is 9. The first-order valence-corrected chi connectivity index (χ1v) is 11.6. The van der Waals surface area contributed by atoms with E-state index < -0.39 is 17.7 Å². The molecule has 188 valence electrons. The van der Waals surface area contributed by atoms with E-state index in [0.717, 1.165) is 0 Å². The number of aliphatic hydroxyl groups excluding tert-OH is 1. The summed E-state index contributed by atoms with van der Waals surface area (Å²) >= 11 is 6.26. The molecule has 10 heteroatoms. The van der Waals surface area contributed by atoms with E-state index in [2.05, 4.69) is 4.98 Å². The quantitative estimate of drug-likeness (QED) is 0.262. The highest BCUT2D eigenvalue weighted by molar-refractivity contribution is 6.46. The molecule has 2 heterocycles. The third-order valence-corrected chi connectivity index (χ3v) is 6.36. The van der Waals surface area contributed by atoms with Gasteiger partial charge in [-0.25, -0.2) is 4.98 Å². The SMILES string of the molecule is COc1ccc(/C(O)=C2\C(=O)C(=O)N(CCCn3ccnc3)C2c2ccc(OC)c(OC)c2)cc1Cl. The number of imidazole rings is 1. The number of methoxy groups -OCH3 is 3. The van der Waals surface area contributed by atoms with Gasteiger partial charge in [0.2, 0.25) is 0 Å². The van der Waals surface area contributed by atoms with Crippen molar-refractivity contribution in [2.24, 2.45) is 0 Å². The van der Waals surface area contributed by atoms with E-state index in [4.69, 9.17) is 25.8 Å². The minimum atomic E-state index is -0.839. The summed E-state index contributed by atoms with van der Waals surface area (Å²) in [6.45, 7) is 0.887. The smallest absolute Gasteiger partial charge is 0.295 e. The van der Waals surface area contributed by atoms with Gasteiger partial charge in [0.25, 0.3) is 11.7 Å². The Kier molecular flexibility index (Phi) is 7.49. The largest absolute Gasteiger partial charge is 0.507 e. The van der Waals surface area contributed by atoms with Crippen LogP contribution in [0.2, 0.25) is 5.02 Å². The number of ether oxygens (including phenoxy) is 3. The van der Waals surface area contributed by atoms with Crippen LogP contribution in [0, 0.1) is 0 Å². The zero-order chi connectivity index (χ0) is 25.8. The summed E-state index contributed by atoms with van der Waals surface area (Å²) in [5.41, 5.74) is 0.856. The number of benzene rings is 2. The lowest BCUT2D eigenvalue weighted by Crippen LogP contribution is -2.31. The first-order chi connectivity index (χ1) is 17.4. The normalized spacial score (nSPS) is 16.9. The number of amides is 1. The summed E-state index contributed by atoms with van der Waals surface area (Å²) in [6, 6.07) is 8.97. The van der Waals surface area contributed by atoms with Gasteiger partial charge >= 0.3 is 0 Å². The first-order valence-electron chi connectivity index (χ1n) is 11.2. The van der Waals surface area contributed by atoms with Gasteiger partial charge in [-0.1, -0.05) is 17.7 Å². The second-order valence-corrected chi connectivity index (χ2v) is 8.52. The molecule has 1 fully saturated rings. The molecule has 1 amide bonds. The second kappa shape index (κ2) is 10.7. The molecule has 9 nitrogen and oxygen atoms in total. The standard InChI is InChI=1S/C26H26ClN3O6/c1-34-19-7-6-17(13-18(19)27)24(31)22-23(16-5-8-20(35-2)21(14-16)36-3)30(26(33)25(22)32)11-4-10-29-12-9-28-15-29/h5-9,12-15,23,31H,4,10-11H2,1-3H3/b24-22+. The van der Waals surface area contributed by atoms with Crippen LogP contribution in [0.25, 0.3) is 5.76 Å². The van der Waals surface area contributed by atoms with Gasteiger partial charge in [0.1, 0.15) is 11.5 Å². The van der Waals surface area contributed by atoms with Gasteiger partial charge in [-0.2, -0.15) is 0 Å². The number of aryl methyl sites for hydroxylation is 1. The summed E-state index contributed by atoms with van der Waals surface area (Å²) in [4.78, 5) is 31.9. The summed E-state index contributed by atoms with van der Waals surface area (Å²) < 4.78 is 17.9. The van der Waals surface area contributed by atoms with Gasteiger partial charge in [0, 0.05) is 31.0 Å². The van der Waals surface area contributed by atoms with Crippen LogP contribution in [0.1, 0.15) is 23.6 Å². The van der Waals surface area contributed by atoms with Gasteiger partial charge in [-0.3, -0.25) is 9.59 Å². The Bertz CT molecular complexity index is 1310. The van der Waals surface area contributed by atoms with Crippen LogP contribution in [0.4, 0.5) is 0 Å². The fourth-order valence-corrected chi connectivity index (χ4v) is 4.55. The number of nitrogens with zero attached hydrogens (tertiary/aromatic N) is 3. The van der Waals surface area contributed by atoms with Crippen LogP contribution < -0.4 is 14.2 Å². The molecule has 0 spiro atoms. The van der Waals surface area contributed by atoms with Crippen molar-refractivity contribution in [1.82, 2.24) is 14.5 Å². The fourth-order valence-electron chi connectivity index (χ4n) is 4.29. The van der Waals surface area contributed by atoms with Crippen LogP contribution in [0.15, 0.2) is 60.7 Å². The van der Waals surface area contributed by atoms with Crippen molar-refractivity contribution in [2.45, 2.75) is 19.0 Å². The molecule has 4 rings (SSSR count). The molecule has 1 aliphatic heterocycles. The number of Topliss-reactive ketones (excluding diaryl/α,β-unsaturated/α-hetero) is 1. The van der Waals surface area contributed by atoms with Crippen LogP contribution in [-0.4, -0.2) is 59.1 Å². The highest BCUT2D eigenvalue weighted by Crippen LogP contribution is 2.42. The Morgan fingerprint density at radius 2 is 1.72 bits per heavy atom. The molecule has 1 N–H and O–H groups in total. The average Bonchev–Trinajstić information content (AvgIpc) is 3.50. The van der Waals surface area contributed by atoms with Crippen molar-refractivity contribution in [1.29, 1.82) is 0 Å². The Morgan fingerprint density at radius 1 is 1.00 bits per heavy atom. The Morgan fingerprint density at radius 3 is 2.36 bits per heavy atom. The molecule has 36 heavy (non-hydrogen) atoms. The predicted molar refractivity (Wildman–Crippen MR) is 133 cm³/mol. The maximum Gasteiger partial charge on any atom is 0.295 e. The third kappa shape index (κ3) is 4.74. The Hall–Kier alpha value is -3.98. The Balaban J connectivity index is 1.79. The lowest BCUT2D eigenvalue weighted by molar-refractivity contribution is -0.139. The zero-order valence-corrected chi connectivity index (χ0v) is 20.9. The summed E-state index contributed by atoms with van der Waals surface area (Å²) in [6.07, 6.45) is 5.76. The van der Waals surface area contributed by atoms with E-state index in [1.54, 1.807) is 42.9 Å². The minimum absolute atomic E-state index is 0.0314. The maximum absolute atomic E-state index is 13.3. The van der Waals surface area contributed by atoms with E-state index in [1.165, 1.54) is 32.3 Å². The molecule has 0 aliphatic carbocycles. The molecule has 2 aromatic carbocycles. The highest BCUT2D eigenvalue weighted by Gasteiger charge is 2.46. The monoisotopic (exact) mass is 511 g/mol. The lowest BCUT2D eigenvalue weighted by Gasteiger charge is -2.26. The van der Waals surface area contributed by atoms with E-state index in [0.29, 0.717) is 41.3 Å². The van der Waals surface area contributed by atoms with Crippen LogP contribution in [0.3, 0.4) is 0 Å². The first kappa shape index (κ1) is 25.1. The molecule has 1 saturated heterocycles. The van der Waals surface area contributed by atoms with Crippen molar-refractivity contribution < 1.29 is 28.9 Å². The van der Waals surface area contributed by atoms with Crippen molar-refractivity contribution in [3.63, 3.8) is 0 Å². The number of carbonyl (C=O) groups excluding carboxylic acids is 2. The number of halogens is 1. The van der Waals surface area contributed by atoms with Crippen molar-refractivity contribution in [3.8, 4) is 17.2 Å². The van der Waals surface area contributed by atoms with Gasteiger partial charge in [0.15, 0.2) is 11.5 Å². The van der Waals surface area contributed by atoms with Gasteiger partial charge in [0.05, 0.1) is 44.3 Å². The molecule has 3 aromatic rings. The Labute approximate surface area is 213 Å². The summed E-state index contributed by atoms with van der Waals surface area (Å²) in [5.74, 6) is -0.436. The number of aromatic nitrogens is 2. The topological polar surface area (TPSA) is 103 Å². The number of ketones is 1. The lowest BCUT2D eigenvalue weighted by atomic mass is 9.95. The van der Waals surface area contributed by atoms with E-state index in [9.17, 15) is 14.7 Å². The molecular weight excluding hydrogens is 486 g/mol. The number of carbonyl (C=O) groups is 2. The number of aliphatic hydroxyl groups is 1. The van der Waals surface area contributed by atoms with E-state index in [-0.39, 0.29) is 22.9 Å². The van der Waals surface area contributed by atoms with Crippen molar-refractivity contribution in [2.75, 3.05) is 27.9 Å². The third-order valence-electron chi connectivity index (χ3n) is 6.06. The molecular formula is C26H26ClN3O6. The zero-order valence-electron chi connectivity index (χ0n) is 20.1. The fraction of sp³-hybridized carbons (Fsp3) is 0.269. The number of hydrogen-bond donors (Lipinski definition) is 1. The van der Waals surface area contributed by atoms with Gasteiger partial charge in [-0.15, -0.1) is 0 Å². The molecule has 0 radical (unpaired) electrons.